The average Bonchev–Trinajstić information content (AvgIpc) is 1.60. The molecule has 5 N–H and O–H groups in total. The third kappa shape index (κ3) is 132. The molecule has 0 bridgehead atoms. The Hall–Kier alpha value is -1.61. The molecule has 0 aliphatic carbocycles. The number of hydrogen-bond acceptors (Lipinski definition) is 4. The summed E-state index contributed by atoms with van der Waals surface area (Å²) in [6.45, 7) is 0. The Bertz CT molecular complexity index is 80.3. The molecule has 0 aliphatic heterocycles. The molecule has 0 amide bonds. The molecule has 0 fully saturated rings. The summed E-state index contributed by atoms with van der Waals surface area (Å²) in [4.78, 5) is 17.1. The van der Waals surface area contributed by atoms with Gasteiger partial charge in [-0.1, -0.05) is 0 Å². The van der Waals surface area contributed by atoms with Gasteiger partial charge in [-0.2, -0.15) is 0 Å². The van der Waals surface area contributed by atoms with Crippen molar-refractivity contribution in [3.05, 3.63) is 0 Å². The molecule has 0 saturated heterocycles. The summed E-state index contributed by atoms with van der Waals surface area (Å²) in [5.41, 5.74) is 0. The van der Waals surface area contributed by atoms with Crippen molar-refractivity contribution >= 4 is 12.3 Å². The highest BCUT2D eigenvalue weighted by Gasteiger charge is 1.70. The Morgan fingerprint density at radius 3 is 1.00 bits per heavy atom. The van der Waals surface area contributed by atoms with E-state index < -0.39 is 12.3 Å². The van der Waals surface area contributed by atoms with E-state index >= 15 is 0 Å². The van der Waals surface area contributed by atoms with Crippen molar-refractivity contribution in [1.29, 1.82) is 0 Å². The smallest absolute Gasteiger partial charge is 0.450 e. The Labute approximate surface area is 58.5 Å². The average molecular weight is 176 g/mol. The maximum Gasteiger partial charge on any atom is 0.503 e. The predicted molar refractivity (Wildman–Crippen MR) is 26.1 cm³/mol. The summed E-state index contributed by atoms with van der Waals surface area (Å²) in [7, 11) is 0. The van der Waals surface area contributed by atoms with Crippen LogP contribution in [0.4, 0.5) is 14.1 Å². The van der Waals surface area contributed by atoms with Crippen LogP contribution in [0.1, 0.15) is 0 Å². The second-order valence-corrected chi connectivity index (χ2v) is 0.634. The molecule has 0 rings (SSSR count). The largest absolute Gasteiger partial charge is 0.503 e. The molecule has 0 heterocycles. The van der Waals surface area contributed by atoms with E-state index in [1.54, 1.807) is 5.09 Å². The van der Waals surface area contributed by atoms with Gasteiger partial charge in [0.15, 0.2) is 0 Å². The zero-order valence-electron chi connectivity index (χ0n) is 4.84. The van der Waals surface area contributed by atoms with Crippen LogP contribution in [-0.2, 0) is 5.09 Å². The highest BCUT2D eigenvalue weighted by atomic mass is 19.3. The minimum Gasteiger partial charge on any atom is -0.450 e. The predicted octanol–water partition coefficient (Wildman–Crippen LogP) is 0.805. The first-order valence-corrected chi connectivity index (χ1v) is 1.64. The molecule has 0 aromatic rings. The molecule has 0 atom stereocenters. The van der Waals surface area contributed by atoms with Gasteiger partial charge in [0.1, 0.15) is 0 Å². The molecule has 0 aliphatic rings. The first-order valence-electron chi connectivity index (χ1n) is 1.64. The van der Waals surface area contributed by atoms with Gasteiger partial charge in [0.25, 0.3) is 0 Å². The van der Waals surface area contributed by atoms with Crippen LogP contribution in [0.25, 0.3) is 0 Å². The van der Waals surface area contributed by atoms with Gasteiger partial charge < -0.3 is 20.4 Å². The molecule has 0 radical (unpaired) electrons. The van der Waals surface area contributed by atoms with Gasteiger partial charge in [0, 0.05) is 0 Å². The molecule has 8 nitrogen and oxygen atoms in total. The van der Waals surface area contributed by atoms with Crippen LogP contribution in [0.5, 0.6) is 0 Å². The summed E-state index contributed by atoms with van der Waals surface area (Å²) < 4.78 is 9.35. The first kappa shape index (κ1) is 16.2. The van der Waals surface area contributed by atoms with E-state index in [0.717, 1.165) is 0 Å². The topological polar surface area (TPSA) is 145 Å². The Balaban J connectivity index is -0.0000000886. The molecule has 0 saturated carbocycles. The lowest BCUT2D eigenvalue weighted by Crippen LogP contribution is -1.81. The summed E-state index contributed by atoms with van der Waals surface area (Å²) in [6, 6.07) is 0. The molecular formula is C2H5FO8. The zero-order valence-corrected chi connectivity index (χ0v) is 4.84. The summed E-state index contributed by atoms with van der Waals surface area (Å²) in [6.07, 6.45) is -3.67. The fourth-order valence-electron chi connectivity index (χ4n) is 0. The number of hydrogen-bond donors (Lipinski definition) is 5. The second kappa shape index (κ2) is 15.8. The van der Waals surface area contributed by atoms with Crippen molar-refractivity contribution in [3.63, 3.8) is 0 Å². The quantitative estimate of drug-likeness (QED) is 0.269. The van der Waals surface area contributed by atoms with E-state index in [9.17, 15) is 4.53 Å². The first-order chi connectivity index (χ1) is 4.88. The number of carbonyl (C=O) groups is 2. The van der Waals surface area contributed by atoms with E-state index in [-0.39, 0.29) is 0 Å². The Morgan fingerprint density at radius 1 is 1.00 bits per heavy atom. The van der Waals surface area contributed by atoms with Crippen molar-refractivity contribution in [2.24, 2.45) is 0 Å². The maximum atomic E-state index is 9.35. The van der Waals surface area contributed by atoms with E-state index in [2.05, 4.69) is 0 Å². The van der Waals surface area contributed by atoms with Crippen LogP contribution in [0.2, 0.25) is 0 Å². The third-order valence-electron chi connectivity index (χ3n) is 0. The van der Waals surface area contributed by atoms with Crippen LogP contribution >= 0.6 is 0 Å². The van der Waals surface area contributed by atoms with Gasteiger partial charge in [-0.05, 0) is 9.62 Å². The van der Waals surface area contributed by atoms with Crippen molar-refractivity contribution in [1.82, 2.24) is 0 Å². The van der Waals surface area contributed by atoms with Crippen molar-refractivity contribution in [2.75, 3.05) is 0 Å². The molecule has 11 heavy (non-hydrogen) atoms. The van der Waals surface area contributed by atoms with Crippen LogP contribution in [-0.4, -0.2) is 38.0 Å². The van der Waals surface area contributed by atoms with Crippen LogP contribution in [0.3, 0.4) is 0 Å². The van der Waals surface area contributed by atoms with E-state index in [4.69, 9.17) is 35.3 Å². The molecule has 0 aromatic heterocycles. The molecule has 68 valence electrons. The van der Waals surface area contributed by atoms with Gasteiger partial charge >= 0.3 is 12.3 Å². The minimum absolute atomic E-state index is 1.75. The second-order valence-electron chi connectivity index (χ2n) is 0.634. The highest BCUT2D eigenvalue weighted by Crippen LogP contribution is 1.46. The molecular weight excluding hydrogens is 171 g/mol. The number of rotatable bonds is 0. The molecule has 0 aromatic carbocycles. The lowest BCUT2D eigenvalue weighted by atomic mass is 11.5. The lowest BCUT2D eigenvalue weighted by molar-refractivity contribution is -0.397. The van der Waals surface area contributed by atoms with Crippen molar-refractivity contribution in [2.45, 2.75) is 0 Å². The van der Waals surface area contributed by atoms with Crippen LogP contribution in [0, 0.1) is 0 Å². The fourth-order valence-corrected chi connectivity index (χ4v) is 0. The third-order valence-corrected chi connectivity index (χ3v) is 0. The summed E-state index contributed by atoms with van der Waals surface area (Å²) >= 11 is 0. The summed E-state index contributed by atoms with van der Waals surface area (Å²) in [5.74, 6) is 0. The highest BCUT2D eigenvalue weighted by molar-refractivity contribution is 5.53. The van der Waals surface area contributed by atoms with E-state index in [0.29, 0.717) is 0 Å². The maximum absolute atomic E-state index is 9.35. The monoisotopic (exact) mass is 176 g/mol. The van der Waals surface area contributed by atoms with Gasteiger partial charge in [-0.15, -0.1) is 0 Å². The Kier molecular flexibility index (Phi) is 23.2. The van der Waals surface area contributed by atoms with Crippen LogP contribution < -0.4 is 0 Å². The van der Waals surface area contributed by atoms with E-state index in [1.165, 1.54) is 0 Å². The standard InChI is InChI=1S/2CH2O3.FHO2/c2*2-1(3)4;1-3-2/h2*(H2,2,3,4);2H. The Morgan fingerprint density at radius 2 is 1.00 bits per heavy atom. The normalized spacial score (nSPS) is 6.00. The minimum atomic E-state index is -1.83. The number of carboxylic acid groups (broad SMARTS) is 4. The van der Waals surface area contributed by atoms with Crippen molar-refractivity contribution < 1.29 is 44.9 Å². The van der Waals surface area contributed by atoms with E-state index in [1.807, 2.05) is 0 Å². The van der Waals surface area contributed by atoms with Gasteiger partial charge in [0.2, 0.25) is 0 Å². The summed E-state index contributed by atoms with van der Waals surface area (Å²) in [5, 5.41) is 36.0. The van der Waals surface area contributed by atoms with Gasteiger partial charge in [-0.25, -0.2) is 14.8 Å². The van der Waals surface area contributed by atoms with Crippen LogP contribution in [0.15, 0.2) is 0 Å². The van der Waals surface area contributed by atoms with Gasteiger partial charge in [-0.3, -0.25) is 0 Å². The molecule has 0 unspecified atom stereocenters. The number of halogens is 1. The van der Waals surface area contributed by atoms with Crippen molar-refractivity contribution in [3.8, 4) is 0 Å². The lowest BCUT2D eigenvalue weighted by Gasteiger charge is -1.60. The molecule has 0 spiro atoms. The van der Waals surface area contributed by atoms with Gasteiger partial charge in [0.05, 0.1) is 0 Å². The zero-order chi connectivity index (χ0) is 9.86. The SMILES string of the molecule is O=C(O)O.O=C(O)O.OOF. The fraction of sp³-hybridized carbons (Fsp3) is 0. The molecule has 9 heteroatoms.